The van der Waals surface area contributed by atoms with Crippen molar-refractivity contribution in [1.29, 1.82) is 0 Å². The van der Waals surface area contributed by atoms with Gasteiger partial charge >= 0.3 is 0 Å². The number of amides is 1. The van der Waals surface area contributed by atoms with Gasteiger partial charge < -0.3 is 15.2 Å². The Labute approximate surface area is 143 Å². The molecule has 6 nitrogen and oxygen atoms in total. The number of carbonyl (C=O) groups is 1. The second kappa shape index (κ2) is 7.64. The Morgan fingerprint density at radius 1 is 1.27 bits per heavy atom. The summed E-state index contributed by atoms with van der Waals surface area (Å²) in [5.41, 5.74) is 1.57. The molecule has 0 saturated carbocycles. The fourth-order valence-electron chi connectivity index (χ4n) is 3.39. The first kappa shape index (κ1) is 19.2. The zero-order chi connectivity index (χ0) is 14.2. The average Bonchev–Trinajstić information content (AvgIpc) is 2.88. The van der Waals surface area contributed by atoms with E-state index in [0.29, 0.717) is 5.69 Å². The van der Waals surface area contributed by atoms with Crippen LogP contribution in [0.3, 0.4) is 0 Å². The van der Waals surface area contributed by atoms with E-state index >= 15 is 0 Å². The average molecular weight is 350 g/mol. The smallest absolute Gasteiger partial charge is 0.274 e. The number of piperidine rings is 1. The molecule has 2 aliphatic rings. The van der Waals surface area contributed by atoms with Crippen LogP contribution in [0.5, 0.6) is 0 Å². The highest BCUT2D eigenvalue weighted by molar-refractivity contribution is 5.93. The van der Waals surface area contributed by atoms with E-state index in [-0.39, 0.29) is 36.3 Å². The molecule has 0 radical (unpaired) electrons. The van der Waals surface area contributed by atoms with E-state index in [9.17, 15) is 4.79 Å². The summed E-state index contributed by atoms with van der Waals surface area (Å²) in [6.45, 7) is 6.51. The Morgan fingerprint density at radius 2 is 1.95 bits per heavy atom. The second-order valence-corrected chi connectivity index (χ2v) is 6.00. The molecule has 2 fully saturated rings. The summed E-state index contributed by atoms with van der Waals surface area (Å²) in [5.74, 6) is 0.0646. The number of aryl methyl sites for hydroxylation is 1. The largest absolute Gasteiger partial charge is 0.348 e. The van der Waals surface area contributed by atoms with E-state index in [4.69, 9.17) is 0 Å². The summed E-state index contributed by atoms with van der Waals surface area (Å²) >= 11 is 0. The molecule has 2 aliphatic heterocycles. The van der Waals surface area contributed by atoms with Crippen LogP contribution in [0.25, 0.3) is 0 Å². The molecular formula is C14H25Cl2N5O. The Bertz CT molecular complexity index is 501. The summed E-state index contributed by atoms with van der Waals surface area (Å²) in [6, 6.07) is 0. The van der Waals surface area contributed by atoms with Gasteiger partial charge in [0.05, 0.1) is 6.33 Å². The third-order valence-corrected chi connectivity index (χ3v) is 4.85. The van der Waals surface area contributed by atoms with Gasteiger partial charge in [-0.25, -0.2) is 4.98 Å². The quantitative estimate of drug-likeness (QED) is 0.795. The highest BCUT2D eigenvalue weighted by atomic mass is 35.5. The maximum atomic E-state index is 12.6. The number of imidazole rings is 1. The number of likely N-dealkylation sites (N-methyl/N-ethyl adjacent to an activating group) is 1. The van der Waals surface area contributed by atoms with Crippen LogP contribution < -0.4 is 5.32 Å². The zero-order valence-corrected chi connectivity index (χ0v) is 14.7. The maximum Gasteiger partial charge on any atom is 0.274 e. The van der Waals surface area contributed by atoms with Gasteiger partial charge in [-0.1, -0.05) is 0 Å². The molecule has 2 saturated heterocycles. The van der Waals surface area contributed by atoms with Gasteiger partial charge in [0.25, 0.3) is 5.91 Å². The minimum Gasteiger partial charge on any atom is -0.348 e. The predicted octanol–water partition coefficient (Wildman–Crippen LogP) is 1.07. The highest BCUT2D eigenvalue weighted by Gasteiger charge is 2.42. The van der Waals surface area contributed by atoms with Crippen molar-refractivity contribution < 1.29 is 4.79 Å². The molecule has 0 unspecified atom stereocenters. The molecule has 3 rings (SSSR count). The van der Waals surface area contributed by atoms with Gasteiger partial charge in [0, 0.05) is 30.9 Å². The van der Waals surface area contributed by atoms with Crippen molar-refractivity contribution in [3.05, 3.63) is 17.7 Å². The first-order valence-corrected chi connectivity index (χ1v) is 7.34. The molecular weight excluding hydrogens is 325 g/mol. The molecule has 3 heterocycles. The molecule has 0 aromatic carbocycles. The first-order valence-electron chi connectivity index (χ1n) is 7.34. The van der Waals surface area contributed by atoms with Gasteiger partial charge in [-0.05, 0) is 39.9 Å². The molecule has 1 aromatic rings. The van der Waals surface area contributed by atoms with Gasteiger partial charge in [0.1, 0.15) is 5.69 Å². The summed E-state index contributed by atoms with van der Waals surface area (Å²) in [5, 5.41) is 3.41. The summed E-state index contributed by atoms with van der Waals surface area (Å²) < 4.78 is 0. The molecule has 126 valence electrons. The lowest BCUT2D eigenvalue weighted by Crippen LogP contribution is -2.64. The lowest BCUT2D eigenvalue weighted by Gasteiger charge is -2.51. The second-order valence-electron chi connectivity index (χ2n) is 6.00. The number of nitrogens with one attached hydrogen (secondary N) is 2. The fraction of sp³-hybridized carbons (Fsp3) is 0.714. The van der Waals surface area contributed by atoms with Gasteiger partial charge in [0.15, 0.2) is 0 Å². The Morgan fingerprint density at radius 3 is 2.55 bits per heavy atom. The zero-order valence-electron chi connectivity index (χ0n) is 13.1. The van der Waals surface area contributed by atoms with Crippen molar-refractivity contribution in [3.8, 4) is 0 Å². The molecule has 1 aromatic heterocycles. The van der Waals surface area contributed by atoms with Gasteiger partial charge in [0.2, 0.25) is 0 Å². The maximum absolute atomic E-state index is 12.6. The van der Waals surface area contributed by atoms with Crippen LogP contribution in [0.4, 0.5) is 0 Å². The first-order chi connectivity index (χ1) is 9.62. The number of nitrogens with zero attached hydrogens (tertiary/aromatic N) is 3. The summed E-state index contributed by atoms with van der Waals surface area (Å²) in [6.07, 6.45) is 3.80. The minimum atomic E-state index is 0. The number of aromatic nitrogens is 2. The van der Waals surface area contributed by atoms with Gasteiger partial charge in [-0.15, -0.1) is 24.8 Å². The number of H-pyrrole nitrogens is 1. The number of rotatable bonds is 1. The van der Waals surface area contributed by atoms with Crippen LogP contribution in [-0.4, -0.2) is 71.0 Å². The van der Waals surface area contributed by atoms with Crippen molar-refractivity contribution in [2.45, 2.75) is 25.3 Å². The number of halogens is 2. The highest BCUT2D eigenvalue weighted by Crippen LogP contribution is 2.29. The fourth-order valence-corrected chi connectivity index (χ4v) is 3.39. The van der Waals surface area contributed by atoms with Crippen molar-refractivity contribution >= 4 is 30.7 Å². The minimum absolute atomic E-state index is 0. The van der Waals surface area contributed by atoms with Crippen LogP contribution in [0.1, 0.15) is 29.0 Å². The normalized spacial score (nSPS) is 21.1. The number of hydrogen-bond donors (Lipinski definition) is 2. The van der Waals surface area contributed by atoms with Crippen LogP contribution in [-0.2, 0) is 0 Å². The van der Waals surface area contributed by atoms with E-state index in [2.05, 4.69) is 27.2 Å². The van der Waals surface area contributed by atoms with E-state index in [1.54, 1.807) is 6.33 Å². The Balaban J connectivity index is 0.00000121. The van der Waals surface area contributed by atoms with Crippen molar-refractivity contribution in [1.82, 2.24) is 25.1 Å². The van der Waals surface area contributed by atoms with Crippen molar-refractivity contribution in [2.24, 2.45) is 0 Å². The molecule has 1 amide bonds. The van der Waals surface area contributed by atoms with Crippen LogP contribution >= 0.6 is 24.8 Å². The molecule has 8 heteroatoms. The van der Waals surface area contributed by atoms with E-state index < -0.39 is 0 Å². The molecule has 0 aliphatic carbocycles. The number of hydrogen-bond acceptors (Lipinski definition) is 4. The van der Waals surface area contributed by atoms with Crippen LogP contribution in [0.15, 0.2) is 6.33 Å². The van der Waals surface area contributed by atoms with Crippen LogP contribution in [0.2, 0.25) is 0 Å². The topological polar surface area (TPSA) is 64.3 Å². The van der Waals surface area contributed by atoms with E-state index in [1.807, 2.05) is 11.8 Å². The van der Waals surface area contributed by atoms with Gasteiger partial charge in [-0.3, -0.25) is 9.69 Å². The lowest BCUT2D eigenvalue weighted by molar-refractivity contribution is -0.00124. The lowest BCUT2D eigenvalue weighted by atomic mass is 9.84. The van der Waals surface area contributed by atoms with E-state index in [0.717, 1.165) is 51.3 Å². The molecule has 2 N–H and O–H groups in total. The Kier molecular flexibility index (Phi) is 6.67. The Hall–Kier alpha value is -0.820. The third-order valence-electron chi connectivity index (χ3n) is 4.85. The molecule has 0 atom stereocenters. The van der Waals surface area contributed by atoms with Crippen LogP contribution in [0, 0.1) is 6.92 Å². The van der Waals surface area contributed by atoms with Crippen molar-refractivity contribution in [2.75, 3.05) is 39.8 Å². The summed E-state index contributed by atoms with van der Waals surface area (Å²) in [7, 11) is 2.19. The number of aromatic amines is 1. The number of carbonyl (C=O) groups excluding carboxylic acids is 1. The SMILES string of the molecule is Cc1[nH]cnc1C(=O)N1CCN(C)C2(CCNCC2)C1.Cl.Cl. The standard InChI is InChI=1S/C14H23N5O.2ClH/c1-11-12(17-10-16-11)13(20)19-8-7-18(2)14(9-19)3-5-15-6-4-14;;/h10,15H,3-9H2,1-2H3,(H,16,17);2*1H. The van der Waals surface area contributed by atoms with E-state index in [1.165, 1.54) is 0 Å². The molecule has 22 heavy (non-hydrogen) atoms. The number of piperazine rings is 1. The monoisotopic (exact) mass is 349 g/mol. The van der Waals surface area contributed by atoms with Gasteiger partial charge in [-0.2, -0.15) is 0 Å². The molecule has 1 spiro atoms. The van der Waals surface area contributed by atoms with Crippen molar-refractivity contribution in [3.63, 3.8) is 0 Å². The third kappa shape index (κ3) is 3.40. The molecule has 0 bridgehead atoms. The summed E-state index contributed by atoms with van der Waals surface area (Å²) in [4.78, 5) is 24.2. The predicted molar refractivity (Wildman–Crippen MR) is 91.2 cm³/mol.